The summed E-state index contributed by atoms with van der Waals surface area (Å²) in [4.78, 5) is 37.0. The van der Waals surface area contributed by atoms with E-state index < -0.39 is 17.9 Å². The molecule has 0 radical (unpaired) electrons. The van der Waals surface area contributed by atoms with Gasteiger partial charge in [0.05, 0.1) is 0 Å². The molecule has 5 aromatic rings. The molecule has 0 saturated carbocycles. The van der Waals surface area contributed by atoms with Crippen LogP contribution in [0.2, 0.25) is 0 Å². The third kappa shape index (κ3) is 5.86. The average Bonchev–Trinajstić information content (AvgIpc) is 3.04. The smallest absolute Gasteiger partial charge is 0.338 e. The Labute approximate surface area is 278 Å². The second-order valence-corrected chi connectivity index (χ2v) is 12.2. The van der Waals surface area contributed by atoms with Gasteiger partial charge in [0.15, 0.2) is 0 Å². The van der Waals surface area contributed by atoms with Gasteiger partial charge in [-0.15, -0.1) is 0 Å². The summed E-state index contributed by atoms with van der Waals surface area (Å²) >= 11 is 0. The van der Waals surface area contributed by atoms with Gasteiger partial charge in [-0.1, -0.05) is 56.1 Å². The molecule has 1 aliphatic rings. The lowest BCUT2D eigenvalue weighted by atomic mass is 9.77. The lowest BCUT2D eigenvalue weighted by Crippen LogP contribution is -2.15. The van der Waals surface area contributed by atoms with Gasteiger partial charge in [0, 0.05) is 33.8 Å². The van der Waals surface area contributed by atoms with Gasteiger partial charge in [0.25, 0.3) is 0 Å². The van der Waals surface area contributed by atoms with E-state index in [2.05, 4.69) is 19.7 Å². The lowest BCUT2D eigenvalue weighted by Gasteiger charge is -2.32. The van der Waals surface area contributed by atoms with Crippen LogP contribution in [0.3, 0.4) is 0 Å². The van der Waals surface area contributed by atoms with E-state index in [9.17, 15) is 14.4 Å². The lowest BCUT2D eigenvalue weighted by molar-refractivity contribution is -0.131. The first kappa shape index (κ1) is 32.0. The summed E-state index contributed by atoms with van der Waals surface area (Å²) in [5.41, 5.74) is 5.31. The first-order chi connectivity index (χ1) is 22.8. The number of hydrogen-bond donors (Lipinski definition) is 0. The predicted octanol–water partition coefficient (Wildman–Crippen LogP) is 9.34. The van der Waals surface area contributed by atoms with E-state index >= 15 is 0 Å². The molecule has 0 amide bonds. The van der Waals surface area contributed by atoms with Crippen molar-refractivity contribution in [3.63, 3.8) is 0 Å². The second kappa shape index (κ2) is 12.3. The molecule has 48 heavy (non-hydrogen) atoms. The summed E-state index contributed by atoms with van der Waals surface area (Å²) in [5.74, 6) is 0.858. The monoisotopic (exact) mass is 638 g/mol. The number of ether oxygens (including phenoxy) is 4. The Balaban J connectivity index is 1.58. The molecular weight excluding hydrogens is 604 g/mol. The van der Waals surface area contributed by atoms with Crippen LogP contribution in [0.4, 0.5) is 0 Å². The Kier molecular flexibility index (Phi) is 8.23. The average molecular weight is 639 g/mol. The Hall–Kier alpha value is -5.95. The van der Waals surface area contributed by atoms with Crippen molar-refractivity contribution in [2.45, 2.75) is 40.5 Å². The first-order valence-electron chi connectivity index (χ1n) is 15.4. The molecule has 7 nitrogen and oxygen atoms in total. The van der Waals surface area contributed by atoms with E-state index in [0.717, 1.165) is 49.4 Å². The van der Waals surface area contributed by atoms with Crippen molar-refractivity contribution in [3.05, 3.63) is 137 Å². The maximum Gasteiger partial charge on any atom is 0.338 e. The fourth-order valence-electron chi connectivity index (χ4n) is 6.00. The van der Waals surface area contributed by atoms with E-state index in [0.29, 0.717) is 45.5 Å². The summed E-state index contributed by atoms with van der Waals surface area (Å²) < 4.78 is 23.4. The number of carbonyl (C=O) groups excluding carboxylic acids is 3. The zero-order chi connectivity index (χ0) is 34.4. The van der Waals surface area contributed by atoms with Crippen molar-refractivity contribution in [2.75, 3.05) is 0 Å². The van der Waals surface area contributed by atoms with Gasteiger partial charge < -0.3 is 18.9 Å². The molecule has 1 heterocycles. The van der Waals surface area contributed by atoms with Crippen molar-refractivity contribution >= 4 is 39.5 Å². The molecule has 240 valence electrons. The summed E-state index contributed by atoms with van der Waals surface area (Å²) in [6.07, 6.45) is 0. The number of benzene rings is 5. The van der Waals surface area contributed by atoms with Gasteiger partial charge in [-0.05, 0) is 109 Å². The molecule has 1 aliphatic heterocycles. The maximum atomic E-state index is 12.5. The van der Waals surface area contributed by atoms with E-state index in [-0.39, 0.29) is 5.92 Å². The normalized spacial score (nSPS) is 12.0. The topological polar surface area (TPSA) is 88.1 Å². The number of hydrogen-bond acceptors (Lipinski definition) is 7. The highest BCUT2D eigenvalue weighted by Gasteiger charge is 2.33. The molecule has 0 saturated heterocycles. The molecule has 0 bridgehead atoms. The van der Waals surface area contributed by atoms with Crippen LogP contribution < -0.4 is 18.9 Å². The number of carbonyl (C=O) groups is 3. The quantitative estimate of drug-likeness (QED) is 0.0978. The minimum Gasteiger partial charge on any atom is -0.457 e. The fourth-order valence-corrected chi connectivity index (χ4v) is 6.00. The second-order valence-electron chi connectivity index (χ2n) is 12.2. The van der Waals surface area contributed by atoms with Gasteiger partial charge in [-0.3, -0.25) is 0 Å². The van der Waals surface area contributed by atoms with Gasteiger partial charge in [0.1, 0.15) is 28.7 Å². The maximum absolute atomic E-state index is 12.5. The molecule has 0 N–H and O–H groups in total. The summed E-state index contributed by atoms with van der Waals surface area (Å²) in [6, 6.07) is 22.8. The van der Waals surface area contributed by atoms with Crippen molar-refractivity contribution in [1.29, 1.82) is 0 Å². The zero-order valence-corrected chi connectivity index (χ0v) is 27.5. The summed E-state index contributed by atoms with van der Waals surface area (Å²) in [6.45, 7) is 19.7. The minimum absolute atomic E-state index is 0.304. The molecular formula is C41H34O7. The highest BCUT2D eigenvalue weighted by Crippen LogP contribution is 2.53. The summed E-state index contributed by atoms with van der Waals surface area (Å²) in [7, 11) is 0. The molecule has 0 aromatic heterocycles. The Morgan fingerprint density at radius 3 is 1.42 bits per heavy atom. The Morgan fingerprint density at radius 1 is 0.583 bits per heavy atom. The Bertz CT molecular complexity index is 2120. The van der Waals surface area contributed by atoms with Gasteiger partial charge in [-0.2, -0.15) is 0 Å². The number of fused-ring (bicyclic) bond motifs is 6. The molecule has 7 heteroatoms. The molecule has 0 unspecified atom stereocenters. The van der Waals surface area contributed by atoms with Crippen LogP contribution in [-0.2, 0) is 14.4 Å². The third-order valence-corrected chi connectivity index (χ3v) is 8.26. The summed E-state index contributed by atoms with van der Waals surface area (Å²) in [5, 5.41) is 3.53. The van der Waals surface area contributed by atoms with E-state index in [1.165, 1.54) is 0 Å². The largest absolute Gasteiger partial charge is 0.457 e. The molecule has 0 spiro atoms. The molecule has 6 rings (SSSR count). The van der Waals surface area contributed by atoms with Crippen LogP contribution in [0.15, 0.2) is 109 Å². The van der Waals surface area contributed by atoms with Crippen LogP contribution in [0.5, 0.6) is 28.7 Å². The van der Waals surface area contributed by atoms with Crippen LogP contribution in [0, 0.1) is 13.8 Å². The standard InChI is InChI=1S/C41H34O7/c1-21(2)39(42)45-29-11-13-31-26(19-29)9-15-33-36(31)35(28-17-24(7)38(25(8)18-28)48-41(44)23(5)6)37-32-14-12-30(46-40(43)22(3)4)20-27(32)10-16-34(37)47-33/h9-20,35H,1,3,5H2,2,4,6-8H3. The van der Waals surface area contributed by atoms with E-state index in [1.54, 1.807) is 32.9 Å². The number of rotatable bonds is 7. The molecule has 5 aromatic carbocycles. The van der Waals surface area contributed by atoms with Crippen LogP contribution in [-0.4, -0.2) is 17.9 Å². The zero-order valence-electron chi connectivity index (χ0n) is 27.5. The Morgan fingerprint density at radius 2 is 1.00 bits per heavy atom. The number of aryl methyl sites for hydroxylation is 2. The van der Waals surface area contributed by atoms with Crippen molar-refractivity contribution in [2.24, 2.45) is 0 Å². The van der Waals surface area contributed by atoms with E-state index in [4.69, 9.17) is 18.9 Å². The van der Waals surface area contributed by atoms with Crippen molar-refractivity contribution in [1.82, 2.24) is 0 Å². The first-order valence-corrected chi connectivity index (χ1v) is 15.4. The minimum atomic E-state index is -0.499. The van der Waals surface area contributed by atoms with Gasteiger partial charge in [0.2, 0.25) is 0 Å². The SMILES string of the molecule is C=C(C)C(=O)Oc1ccc2c3c(ccc2c1)Oc1ccc2cc(OC(=O)C(=C)C)ccc2c1C3c1cc(C)c(OC(=O)C(=C)C)c(C)c1. The highest BCUT2D eigenvalue weighted by molar-refractivity contribution is 5.97. The molecule has 0 aliphatic carbocycles. The molecule has 0 fully saturated rings. The van der Waals surface area contributed by atoms with E-state index in [1.807, 2.05) is 74.5 Å². The van der Waals surface area contributed by atoms with Crippen LogP contribution in [0.25, 0.3) is 21.5 Å². The number of esters is 3. The van der Waals surface area contributed by atoms with Crippen molar-refractivity contribution < 1.29 is 33.3 Å². The van der Waals surface area contributed by atoms with Crippen LogP contribution in [0.1, 0.15) is 54.5 Å². The predicted molar refractivity (Wildman–Crippen MR) is 186 cm³/mol. The fraction of sp³-hybridized carbons (Fsp3) is 0.146. The third-order valence-electron chi connectivity index (χ3n) is 8.26. The van der Waals surface area contributed by atoms with Gasteiger partial charge in [-0.25, -0.2) is 14.4 Å². The van der Waals surface area contributed by atoms with Crippen molar-refractivity contribution in [3.8, 4) is 28.7 Å². The van der Waals surface area contributed by atoms with Crippen LogP contribution >= 0.6 is 0 Å². The molecule has 0 atom stereocenters. The van der Waals surface area contributed by atoms with Gasteiger partial charge >= 0.3 is 17.9 Å². The highest BCUT2D eigenvalue weighted by atomic mass is 16.5.